The number of methoxy groups -OCH3 is 1. The van der Waals surface area contributed by atoms with Gasteiger partial charge in [0, 0.05) is 13.5 Å². The standard InChI is InChI=1S/C11H18N2O3/c1-15-7-6-10-12-11(16-13-10)8-4-2-3-5-9(8)14/h8-9,14H,2-7H2,1H3. The highest BCUT2D eigenvalue weighted by molar-refractivity contribution is 4.99. The third-order valence-electron chi connectivity index (χ3n) is 3.06. The Balaban J connectivity index is 1.99. The topological polar surface area (TPSA) is 68.4 Å². The van der Waals surface area contributed by atoms with Crippen LogP contribution < -0.4 is 0 Å². The highest BCUT2D eigenvalue weighted by Crippen LogP contribution is 2.31. The lowest BCUT2D eigenvalue weighted by atomic mass is 9.86. The second-order valence-corrected chi connectivity index (χ2v) is 4.25. The van der Waals surface area contributed by atoms with Gasteiger partial charge in [-0.3, -0.25) is 0 Å². The molecule has 5 heteroatoms. The van der Waals surface area contributed by atoms with Crippen molar-refractivity contribution in [3.8, 4) is 0 Å². The molecule has 1 aromatic heterocycles. The van der Waals surface area contributed by atoms with E-state index in [-0.39, 0.29) is 12.0 Å². The quantitative estimate of drug-likeness (QED) is 0.837. The summed E-state index contributed by atoms with van der Waals surface area (Å²) in [5.74, 6) is 1.27. The van der Waals surface area contributed by atoms with Crippen LogP contribution in [0.5, 0.6) is 0 Å². The van der Waals surface area contributed by atoms with Crippen LogP contribution in [0.4, 0.5) is 0 Å². The van der Waals surface area contributed by atoms with Crippen molar-refractivity contribution in [3.63, 3.8) is 0 Å². The zero-order valence-corrected chi connectivity index (χ0v) is 9.56. The Labute approximate surface area is 94.8 Å². The van der Waals surface area contributed by atoms with E-state index in [1.807, 2.05) is 0 Å². The number of aromatic nitrogens is 2. The summed E-state index contributed by atoms with van der Waals surface area (Å²) >= 11 is 0. The van der Waals surface area contributed by atoms with Gasteiger partial charge in [0.25, 0.3) is 0 Å². The molecule has 0 radical (unpaired) electrons. The first-order valence-corrected chi connectivity index (χ1v) is 5.80. The van der Waals surface area contributed by atoms with Crippen LogP contribution in [0.1, 0.15) is 43.3 Å². The van der Waals surface area contributed by atoms with Gasteiger partial charge >= 0.3 is 0 Å². The van der Waals surface area contributed by atoms with E-state index in [0.29, 0.717) is 24.7 Å². The molecule has 0 spiro atoms. The minimum atomic E-state index is -0.329. The SMILES string of the molecule is COCCc1noc(C2CCCCC2O)n1. The van der Waals surface area contributed by atoms with E-state index in [1.165, 1.54) is 0 Å². The molecule has 5 nitrogen and oxygen atoms in total. The normalized spacial score (nSPS) is 25.9. The Morgan fingerprint density at radius 2 is 2.25 bits per heavy atom. The molecule has 1 aliphatic carbocycles. The van der Waals surface area contributed by atoms with Gasteiger partial charge in [-0.05, 0) is 12.8 Å². The highest BCUT2D eigenvalue weighted by Gasteiger charge is 2.29. The second-order valence-electron chi connectivity index (χ2n) is 4.25. The molecule has 90 valence electrons. The Kier molecular flexibility index (Phi) is 3.90. The van der Waals surface area contributed by atoms with Crippen LogP contribution in [0.2, 0.25) is 0 Å². The molecule has 0 saturated heterocycles. The zero-order valence-electron chi connectivity index (χ0n) is 9.56. The van der Waals surface area contributed by atoms with Crippen molar-refractivity contribution in [3.05, 3.63) is 11.7 Å². The first-order valence-electron chi connectivity index (χ1n) is 5.80. The predicted molar refractivity (Wildman–Crippen MR) is 57.1 cm³/mol. The molecule has 2 unspecified atom stereocenters. The van der Waals surface area contributed by atoms with E-state index in [9.17, 15) is 5.11 Å². The molecule has 0 aromatic carbocycles. The molecule has 2 rings (SSSR count). The summed E-state index contributed by atoms with van der Waals surface area (Å²) in [5.41, 5.74) is 0. The second kappa shape index (κ2) is 5.41. The van der Waals surface area contributed by atoms with Gasteiger partial charge < -0.3 is 14.4 Å². The van der Waals surface area contributed by atoms with Crippen molar-refractivity contribution in [1.29, 1.82) is 0 Å². The summed E-state index contributed by atoms with van der Waals surface area (Å²) in [5, 5.41) is 13.7. The van der Waals surface area contributed by atoms with Crippen LogP contribution in [0.3, 0.4) is 0 Å². The average Bonchev–Trinajstić information content (AvgIpc) is 2.75. The lowest BCUT2D eigenvalue weighted by Gasteiger charge is -2.24. The molecular formula is C11H18N2O3. The molecule has 1 aromatic rings. The number of nitrogens with zero attached hydrogens (tertiary/aromatic N) is 2. The first-order chi connectivity index (χ1) is 7.81. The molecule has 16 heavy (non-hydrogen) atoms. The van der Waals surface area contributed by atoms with Gasteiger partial charge in [-0.25, -0.2) is 0 Å². The molecule has 2 atom stereocenters. The third-order valence-corrected chi connectivity index (χ3v) is 3.06. The molecule has 1 N–H and O–H groups in total. The Hall–Kier alpha value is -0.940. The van der Waals surface area contributed by atoms with Crippen LogP contribution in [-0.2, 0) is 11.2 Å². The van der Waals surface area contributed by atoms with Crippen LogP contribution in [-0.4, -0.2) is 35.1 Å². The van der Waals surface area contributed by atoms with E-state index in [4.69, 9.17) is 9.26 Å². The van der Waals surface area contributed by atoms with E-state index in [1.54, 1.807) is 7.11 Å². The van der Waals surface area contributed by atoms with Crippen molar-refractivity contribution in [1.82, 2.24) is 10.1 Å². The van der Waals surface area contributed by atoms with Crippen molar-refractivity contribution >= 4 is 0 Å². The number of aliphatic hydroxyl groups excluding tert-OH is 1. The van der Waals surface area contributed by atoms with Gasteiger partial charge in [-0.2, -0.15) is 4.98 Å². The Morgan fingerprint density at radius 3 is 3.00 bits per heavy atom. The molecular weight excluding hydrogens is 208 g/mol. The Morgan fingerprint density at radius 1 is 1.44 bits per heavy atom. The largest absolute Gasteiger partial charge is 0.392 e. The highest BCUT2D eigenvalue weighted by atomic mass is 16.5. The van der Waals surface area contributed by atoms with Crippen LogP contribution in [0.25, 0.3) is 0 Å². The molecule has 1 saturated carbocycles. The van der Waals surface area contributed by atoms with E-state index >= 15 is 0 Å². The molecule has 1 heterocycles. The molecule has 0 aliphatic heterocycles. The van der Waals surface area contributed by atoms with Crippen molar-refractivity contribution in [2.24, 2.45) is 0 Å². The zero-order chi connectivity index (χ0) is 11.4. The number of ether oxygens (including phenoxy) is 1. The van der Waals surface area contributed by atoms with Gasteiger partial charge in [0.1, 0.15) is 0 Å². The minimum absolute atomic E-state index is 0.0255. The van der Waals surface area contributed by atoms with Crippen LogP contribution in [0, 0.1) is 0 Å². The van der Waals surface area contributed by atoms with Crippen LogP contribution >= 0.6 is 0 Å². The fraction of sp³-hybridized carbons (Fsp3) is 0.818. The van der Waals surface area contributed by atoms with Gasteiger partial charge in [-0.15, -0.1) is 0 Å². The van der Waals surface area contributed by atoms with E-state index in [0.717, 1.165) is 25.7 Å². The summed E-state index contributed by atoms with van der Waals surface area (Å²) in [6, 6.07) is 0. The van der Waals surface area contributed by atoms with Gasteiger partial charge in [0.05, 0.1) is 18.6 Å². The number of aliphatic hydroxyl groups is 1. The van der Waals surface area contributed by atoms with E-state index in [2.05, 4.69) is 10.1 Å². The third kappa shape index (κ3) is 2.59. The first kappa shape index (κ1) is 11.5. The predicted octanol–water partition coefficient (Wildman–Crippen LogP) is 1.28. The molecule has 1 aliphatic rings. The van der Waals surface area contributed by atoms with Crippen LogP contribution in [0.15, 0.2) is 4.52 Å². The lowest BCUT2D eigenvalue weighted by Crippen LogP contribution is -2.22. The fourth-order valence-corrected chi connectivity index (χ4v) is 2.11. The van der Waals surface area contributed by atoms with Gasteiger partial charge in [0.15, 0.2) is 5.82 Å². The van der Waals surface area contributed by atoms with Gasteiger partial charge in [-0.1, -0.05) is 18.0 Å². The summed E-state index contributed by atoms with van der Waals surface area (Å²) in [4.78, 5) is 4.30. The average molecular weight is 226 g/mol. The molecule has 0 amide bonds. The summed E-state index contributed by atoms with van der Waals surface area (Å²) in [7, 11) is 1.64. The van der Waals surface area contributed by atoms with Crippen molar-refractivity contribution < 1.29 is 14.4 Å². The maximum absolute atomic E-state index is 9.86. The number of hydrogen-bond donors (Lipinski definition) is 1. The summed E-state index contributed by atoms with van der Waals surface area (Å²) in [6.07, 6.45) is 4.31. The summed E-state index contributed by atoms with van der Waals surface area (Å²) in [6.45, 7) is 0.589. The summed E-state index contributed by atoms with van der Waals surface area (Å²) < 4.78 is 10.1. The fourth-order valence-electron chi connectivity index (χ4n) is 2.11. The minimum Gasteiger partial charge on any atom is -0.392 e. The van der Waals surface area contributed by atoms with Crippen molar-refractivity contribution in [2.45, 2.75) is 44.1 Å². The maximum Gasteiger partial charge on any atom is 0.232 e. The molecule has 1 fully saturated rings. The smallest absolute Gasteiger partial charge is 0.232 e. The van der Waals surface area contributed by atoms with Gasteiger partial charge in [0.2, 0.25) is 5.89 Å². The maximum atomic E-state index is 9.86. The van der Waals surface area contributed by atoms with E-state index < -0.39 is 0 Å². The monoisotopic (exact) mass is 226 g/mol. The Bertz CT molecular complexity index is 327. The molecule has 0 bridgehead atoms. The lowest BCUT2D eigenvalue weighted by molar-refractivity contribution is 0.0908. The number of rotatable bonds is 4. The van der Waals surface area contributed by atoms with Crippen molar-refractivity contribution in [2.75, 3.05) is 13.7 Å². The number of hydrogen-bond acceptors (Lipinski definition) is 5.